The molecule has 2 rings (SSSR count). The third-order valence-corrected chi connectivity index (χ3v) is 3.05. The van der Waals surface area contributed by atoms with E-state index in [4.69, 9.17) is 5.73 Å². The van der Waals surface area contributed by atoms with Crippen molar-refractivity contribution >= 4 is 5.57 Å². The van der Waals surface area contributed by atoms with Gasteiger partial charge in [-0.1, -0.05) is 87.0 Å². The molecule has 0 bridgehead atoms. The van der Waals surface area contributed by atoms with E-state index in [0.717, 1.165) is 12.1 Å². The Balaban J connectivity index is 0.000000286. The van der Waals surface area contributed by atoms with Crippen molar-refractivity contribution in [2.24, 2.45) is 5.73 Å². The topological polar surface area (TPSA) is 26.0 Å². The summed E-state index contributed by atoms with van der Waals surface area (Å²) in [7, 11) is 0. The zero-order chi connectivity index (χ0) is 14.6. The fourth-order valence-electron chi connectivity index (χ4n) is 1.84. The van der Waals surface area contributed by atoms with Crippen LogP contribution in [0.25, 0.3) is 5.57 Å². The van der Waals surface area contributed by atoms with Gasteiger partial charge in [0.15, 0.2) is 0 Å². The van der Waals surface area contributed by atoms with Crippen molar-refractivity contribution in [2.45, 2.75) is 26.2 Å². The summed E-state index contributed by atoms with van der Waals surface area (Å²) in [6, 6.07) is 20.5. The van der Waals surface area contributed by atoms with Crippen LogP contribution in [0.15, 0.2) is 67.2 Å². The van der Waals surface area contributed by atoms with Crippen LogP contribution in [0, 0.1) is 0 Å². The lowest BCUT2D eigenvalue weighted by Crippen LogP contribution is -1.96. The molecule has 0 saturated carbocycles. The number of nitrogens with two attached hydrogens (primary N) is 1. The highest BCUT2D eigenvalue weighted by Crippen LogP contribution is 2.20. The van der Waals surface area contributed by atoms with Crippen molar-refractivity contribution in [1.29, 1.82) is 0 Å². The first-order valence-electron chi connectivity index (χ1n) is 7.29. The van der Waals surface area contributed by atoms with Crippen molar-refractivity contribution < 1.29 is 0 Å². The maximum Gasteiger partial charge on any atom is -0.00773 e. The monoisotopic (exact) mass is 267 g/mol. The first-order chi connectivity index (χ1) is 9.79. The second-order valence-corrected chi connectivity index (χ2v) is 4.71. The Hall–Kier alpha value is -1.86. The van der Waals surface area contributed by atoms with E-state index in [1.807, 2.05) is 36.4 Å². The van der Waals surface area contributed by atoms with E-state index in [9.17, 15) is 0 Å². The van der Waals surface area contributed by atoms with Gasteiger partial charge in [0, 0.05) is 0 Å². The SMILES string of the molecule is C=C(c1ccccc1)c1ccccc1.CCCCCN. The summed E-state index contributed by atoms with van der Waals surface area (Å²) in [4.78, 5) is 0. The first-order valence-corrected chi connectivity index (χ1v) is 7.29. The van der Waals surface area contributed by atoms with Crippen molar-refractivity contribution in [3.8, 4) is 0 Å². The minimum absolute atomic E-state index is 0.855. The molecule has 0 radical (unpaired) electrons. The molecule has 1 heteroatoms. The number of unbranched alkanes of at least 4 members (excludes halogenated alkanes) is 2. The highest BCUT2D eigenvalue weighted by molar-refractivity contribution is 5.77. The van der Waals surface area contributed by atoms with Crippen LogP contribution in [0.1, 0.15) is 37.3 Å². The molecular weight excluding hydrogens is 242 g/mol. The van der Waals surface area contributed by atoms with Gasteiger partial charge in [-0.2, -0.15) is 0 Å². The summed E-state index contributed by atoms with van der Waals surface area (Å²) in [5, 5.41) is 0. The maximum absolute atomic E-state index is 5.21. The molecule has 2 aromatic rings. The summed E-state index contributed by atoms with van der Waals surface area (Å²) in [5.41, 5.74) is 8.65. The molecule has 2 aromatic carbocycles. The van der Waals surface area contributed by atoms with Crippen LogP contribution in [-0.4, -0.2) is 6.54 Å². The van der Waals surface area contributed by atoms with Crippen molar-refractivity contribution in [1.82, 2.24) is 0 Å². The van der Waals surface area contributed by atoms with E-state index in [1.165, 1.54) is 30.4 Å². The molecule has 0 spiro atoms. The third-order valence-electron chi connectivity index (χ3n) is 3.05. The van der Waals surface area contributed by atoms with Gasteiger partial charge in [0.25, 0.3) is 0 Å². The Morgan fingerprint density at radius 3 is 1.60 bits per heavy atom. The van der Waals surface area contributed by atoms with Gasteiger partial charge >= 0.3 is 0 Å². The van der Waals surface area contributed by atoms with Crippen LogP contribution in [0.4, 0.5) is 0 Å². The lowest BCUT2D eigenvalue weighted by molar-refractivity contribution is 0.727. The first kappa shape index (κ1) is 16.2. The fourth-order valence-corrected chi connectivity index (χ4v) is 1.84. The summed E-state index contributed by atoms with van der Waals surface area (Å²) in [6.07, 6.45) is 3.75. The van der Waals surface area contributed by atoms with Gasteiger partial charge in [0.1, 0.15) is 0 Å². The second kappa shape index (κ2) is 9.99. The largest absolute Gasteiger partial charge is 0.330 e. The van der Waals surface area contributed by atoms with Crippen LogP contribution in [-0.2, 0) is 0 Å². The van der Waals surface area contributed by atoms with E-state index < -0.39 is 0 Å². The third kappa shape index (κ3) is 5.85. The zero-order valence-corrected chi connectivity index (χ0v) is 12.4. The van der Waals surface area contributed by atoms with Gasteiger partial charge in [-0.05, 0) is 29.7 Å². The average molecular weight is 267 g/mol. The molecule has 106 valence electrons. The molecule has 0 atom stereocenters. The number of hydrogen-bond donors (Lipinski definition) is 1. The molecule has 0 aliphatic carbocycles. The smallest absolute Gasteiger partial charge is 0.00773 e. The van der Waals surface area contributed by atoms with Crippen molar-refractivity contribution in [2.75, 3.05) is 6.54 Å². The minimum atomic E-state index is 0.855. The molecule has 0 aliphatic rings. The summed E-state index contributed by atoms with van der Waals surface area (Å²) >= 11 is 0. The Morgan fingerprint density at radius 1 is 0.850 bits per heavy atom. The van der Waals surface area contributed by atoms with Gasteiger partial charge in [-0.25, -0.2) is 0 Å². The fraction of sp³-hybridized carbons (Fsp3) is 0.263. The molecule has 0 heterocycles. The van der Waals surface area contributed by atoms with E-state index in [2.05, 4.69) is 37.8 Å². The molecule has 20 heavy (non-hydrogen) atoms. The van der Waals surface area contributed by atoms with Gasteiger partial charge in [0.05, 0.1) is 0 Å². The highest BCUT2D eigenvalue weighted by Gasteiger charge is 1.99. The van der Waals surface area contributed by atoms with E-state index in [-0.39, 0.29) is 0 Å². The van der Waals surface area contributed by atoms with E-state index in [1.54, 1.807) is 0 Å². The van der Waals surface area contributed by atoms with Crippen molar-refractivity contribution in [3.05, 3.63) is 78.4 Å². The highest BCUT2D eigenvalue weighted by atomic mass is 14.5. The number of hydrogen-bond acceptors (Lipinski definition) is 1. The maximum atomic E-state index is 5.21. The zero-order valence-electron chi connectivity index (χ0n) is 12.4. The number of benzene rings is 2. The molecule has 0 aromatic heterocycles. The summed E-state index contributed by atoms with van der Waals surface area (Å²) in [6.45, 7) is 7.13. The summed E-state index contributed by atoms with van der Waals surface area (Å²) < 4.78 is 0. The molecule has 1 nitrogen and oxygen atoms in total. The molecular formula is C19H25N. The van der Waals surface area contributed by atoms with Crippen molar-refractivity contribution in [3.63, 3.8) is 0 Å². The molecule has 0 fully saturated rings. The Morgan fingerprint density at radius 2 is 1.30 bits per heavy atom. The second-order valence-electron chi connectivity index (χ2n) is 4.71. The molecule has 0 saturated heterocycles. The van der Waals surface area contributed by atoms with Gasteiger partial charge < -0.3 is 5.73 Å². The van der Waals surface area contributed by atoms with Crippen LogP contribution in [0.2, 0.25) is 0 Å². The predicted molar refractivity (Wildman–Crippen MR) is 89.6 cm³/mol. The Kier molecular flexibility index (Phi) is 8.09. The van der Waals surface area contributed by atoms with Crippen LogP contribution in [0.3, 0.4) is 0 Å². The lowest BCUT2D eigenvalue weighted by atomic mass is 10.0. The average Bonchev–Trinajstić information content (AvgIpc) is 2.54. The summed E-state index contributed by atoms with van der Waals surface area (Å²) in [5.74, 6) is 0. The standard InChI is InChI=1S/C14H12.C5H13N/c1-12(13-8-4-2-5-9-13)14-10-6-3-7-11-14;1-2-3-4-5-6/h2-11H,1H2;2-6H2,1H3. The minimum Gasteiger partial charge on any atom is -0.330 e. The van der Waals surface area contributed by atoms with Gasteiger partial charge in [-0.3, -0.25) is 0 Å². The van der Waals surface area contributed by atoms with Gasteiger partial charge in [-0.15, -0.1) is 0 Å². The quantitative estimate of drug-likeness (QED) is 0.767. The van der Waals surface area contributed by atoms with Crippen LogP contribution >= 0.6 is 0 Å². The molecule has 2 N–H and O–H groups in total. The normalized spacial score (nSPS) is 9.50. The molecule has 0 aliphatic heterocycles. The van der Waals surface area contributed by atoms with Gasteiger partial charge in [0.2, 0.25) is 0 Å². The van der Waals surface area contributed by atoms with E-state index >= 15 is 0 Å². The lowest BCUT2D eigenvalue weighted by Gasteiger charge is -2.04. The predicted octanol–water partition coefficient (Wildman–Crippen LogP) is 4.88. The number of rotatable bonds is 5. The Labute approximate surface area is 123 Å². The molecule has 0 unspecified atom stereocenters. The van der Waals surface area contributed by atoms with Crippen LogP contribution in [0.5, 0.6) is 0 Å². The van der Waals surface area contributed by atoms with Crippen LogP contribution < -0.4 is 5.73 Å². The molecule has 0 amide bonds. The van der Waals surface area contributed by atoms with E-state index in [0.29, 0.717) is 0 Å². The Bertz CT molecular complexity index is 428.